The van der Waals surface area contributed by atoms with E-state index in [1.165, 1.54) is 0 Å². The summed E-state index contributed by atoms with van der Waals surface area (Å²) in [5, 5.41) is 3.09. The smallest absolute Gasteiger partial charge is 0.411 e. The first kappa shape index (κ1) is 15.8. The van der Waals surface area contributed by atoms with E-state index in [1.54, 1.807) is 7.11 Å². The molecule has 1 aromatic carbocycles. The van der Waals surface area contributed by atoms with Crippen LogP contribution in [0.2, 0.25) is 0 Å². The van der Waals surface area contributed by atoms with E-state index in [9.17, 15) is 13.2 Å². The van der Waals surface area contributed by atoms with Crippen LogP contribution in [0.25, 0.3) is 0 Å². The molecule has 0 heterocycles. The van der Waals surface area contributed by atoms with Crippen molar-refractivity contribution in [3.05, 3.63) is 29.8 Å². The van der Waals surface area contributed by atoms with Crippen molar-refractivity contribution < 1.29 is 22.6 Å². The maximum absolute atomic E-state index is 11.8. The maximum atomic E-state index is 11.8. The van der Waals surface area contributed by atoms with Gasteiger partial charge in [0.2, 0.25) is 0 Å². The summed E-state index contributed by atoms with van der Waals surface area (Å²) in [6, 6.07) is 7.53. The lowest BCUT2D eigenvalue weighted by molar-refractivity contribution is -0.173. The van der Waals surface area contributed by atoms with Gasteiger partial charge in [0, 0.05) is 12.6 Å². The lowest BCUT2D eigenvalue weighted by atomic mass is 10.1. The van der Waals surface area contributed by atoms with E-state index in [-0.39, 0.29) is 12.6 Å². The molecule has 0 spiro atoms. The first-order valence-corrected chi connectivity index (χ1v) is 5.94. The zero-order valence-corrected chi connectivity index (χ0v) is 11.0. The van der Waals surface area contributed by atoms with Gasteiger partial charge in [0.1, 0.15) is 12.4 Å². The Labute approximate surface area is 110 Å². The minimum Gasteiger partial charge on any atom is -0.497 e. The van der Waals surface area contributed by atoms with Crippen LogP contribution >= 0.6 is 0 Å². The van der Waals surface area contributed by atoms with Gasteiger partial charge < -0.3 is 14.8 Å². The summed E-state index contributed by atoms with van der Waals surface area (Å²) in [5.41, 5.74) is 1.01. The summed E-state index contributed by atoms with van der Waals surface area (Å²) in [7, 11) is 1.59. The molecule has 0 fully saturated rings. The molecule has 1 rings (SSSR count). The largest absolute Gasteiger partial charge is 0.497 e. The zero-order chi connectivity index (χ0) is 14.3. The number of hydrogen-bond donors (Lipinski definition) is 1. The standard InChI is InChI=1S/C13H18F3NO2/c1-10(11-4-3-5-12(8-11)18-2)17-6-7-19-9-13(14,15)16/h3-5,8,10,17H,6-7,9H2,1-2H3. The van der Waals surface area contributed by atoms with E-state index in [0.29, 0.717) is 6.54 Å². The molecule has 1 unspecified atom stereocenters. The van der Waals surface area contributed by atoms with Crippen LogP contribution in [0.5, 0.6) is 5.75 Å². The quantitative estimate of drug-likeness (QED) is 0.777. The van der Waals surface area contributed by atoms with Crippen LogP contribution in [0.15, 0.2) is 24.3 Å². The van der Waals surface area contributed by atoms with E-state index < -0.39 is 12.8 Å². The van der Waals surface area contributed by atoms with Gasteiger partial charge in [-0.15, -0.1) is 0 Å². The first-order chi connectivity index (χ1) is 8.92. The van der Waals surface area contributed by atoms with Gasteiger partial charge >= 0.3 is 6.18 Å². The summed E-state index contributed by atoms with van der Waals surface area (Å²) >= 11 is 0. The third-order valence-corrected chi connectivity index (χ3v) is 2.56. The highest BCUT2D eigenvalue weighted by molar-refractivity contribution is 5.30. The predicted molar refractivity (Wildman–Crippen MR) is 66.3 cm³/mol. The lowest BCUT2D eigenvalue weighted by Crippen LogP contribution is -2.26. The van der Waals surface area contributed by atoms with E-state index in [1.807, 2.05) is 31.2 Å². The normalized spacial score (nSPS) is 13.3. The molecule has 108 valence electrons. The van der Waals surface area contributed by atoms with Gasteiger partial charge in [-0.25, -0.2) is 0 Å². The number of alkyl halides is 3. The van der Waals surface area contributed by atoms with Crippen molar-refractivity contribution in [2.75, 3.05) is 26.9 Å². The summed E-state index contributed by atoms with van der Waals surface area (Å²) in [5.74, 6) is 0.750. The Kier molecular flexibility index (Phi) is 6.11. The number of halogens is 3. The van der Waals surface area contributed by atoms with E-state index in [0.717, 1.165) is 11.3 Å². The van der Waals surface area contributed by atoms with E-state index in [2.05, 4.69) is 10.1 Å². The number of benzene rings is 1. The fraction of sp³-hybridized carbons (Fsp3) is 0.538. The van der Waals surface area contributed by atoms with Gasteiger partial charge in [0.05, 0.1) is 13.7 Å². The number of ether oxygens (including phenoxy) is 2. The number of hydrogen-bond acceptors (Lipinski definition) is 3. The Morgan fingerprint density at radius 2 is 2.05 bits per heavy atom. The molecule has 1 aromatic rings. The molecule has 0 bridgehead atoms. The monoisotopic (exact) mass is 277 g/mol. The Bertz CT molecular complexity index is 382. The highest BCUT2D eigenvalue weighted by Gasteiger charge is 2.27. The molecule has 0 aliphatic rings. The number of rotatable bonds is 7. The molecular formula is C13H18F3NO2. The first-order valence-electron chi connectivity index (χ1n) is 5.94. The fourth-order valence-corrected chi connectivity index (χ4v) is 1.56. The van der Waals surface area contributed by atoms with Crippen molar-refractivity contribution in [3.63, 3.8) is 0 Å². The second kappa shape index (κ2) is 7.35. The average molecular weight is 277 g/mol. The van der Waals surface area contributed by atoms with Crippen LogP contribution in [0.3, 0.4) is 0 Å². The van der Waals surface area contributed by atoms with Gasteiger partial charge in [-0.05, 0) is 24.6 Å². The minimum absolute atomic E-state index is 0.0181. The van der Waals surface area contributed by atoms with Gasteiger partial charge in [0.25, 0.3) is 0 Å². The SMILES string of the molecule is COc1cccc(C(C)NCCOCC(F)(F)F)c1. The number of methoxy groups -OCH3 is 1. The Morgan fingerprint density at radius 3 is 2.68 bits per heavy atom. The Morgan fingerprint density at radius 1 is 1.32 bits per heavy atom. The molecule has 3 nitrogen and oxygen atoms in total. The van der Waals surface area contributed by atoms with E-state index in [4.69, 9.17) is 4.74 Å². The second-order valence-corrected chi connectivity index (χ2v) is 4.12. The maximum Gasteiger partial charge on any atom is 0.411 e. The molecular weight excluding hydrogens is 259 g/mol. The molecule has 0 aromatic heterocycles. The lowest BCUT2D eigenvalue weighted by Gasteiger charge is -2.15. The number of nitrogens with one attached hydrogen (secondary N) is 1. The summed E-state index contributed by atoms with van der Waals surface area (Å²) < 4.78 is 45.1. The van der Waals surface area contributed by atoms with Crippen LogP contribution in [0.4, 0.5) is 13.2 Å². The molecule has 1 N–H and O–H groups in total. The van der Waals surface area contributed by atoms with Crippen molar-refractivity contribution >= 4 is 0 Å². The fourth-order valence-electron chi connectivity index (χ4n) is 1.56. The molecule has 0 saturated heterocycles. The molecule has 19 heavy (non-hydrogen) atoms. The van der Waals surface area contributed by atoms with Crippen LogP contribution in [0.1, 0.15) is 18.5 Å². The third-order valence-electron chi connectivity index (χ3n) is 2.56. The molecule has 0 aliphatic carbocycles. The van der Waals surface area contributed by atoms with E-state index >= 15 is 0 Å². The Hall–Kier alpha value is -1.27. The van der Waals surface area contributed by atoms with Crippen LogP contribution in [-0.4, -0.2) is 33.0 Å². The average Bonchev–Trinajstić information content (AvgIpc) is 2.37. The third kappa shape index (κ3) is 6.45. The highest BCUT2D eigenvalue weighted by Crippen LogP contribution is 2.18. The van der Waals surface area contributed by atoms with Crippen molar-refractivity contribution in [2.45, 2.75) is 19.1 Å². The van der Waals surface area contributed by atoms with Crippen molar-refractivity contribution in [1.29, 1.82) is 0 Å². The van der Waals surface area contributed by atoms with Crippen molar-refractivity contribution in [3.8, 4) is 5.75 Å². The van der Waals surface area contributed by atoms with Gasteiger partial charge in [0.15, 0.2) is 0 Å². The van der Waals surface area contributed by atoms with Crippen LogP contribution in [0, 0.1) is 0 Å². The van der Waals surface area contributed by atoms with Crippen molar-refractivity contribution in [2.24, 2.45) is 0 Å². The predicted octanol–water partition coefficient (Wildman–Crippen LogP) is 2.92. The second-order valence-electron chi connectivity index (χ2n) is 4.12. The topological polar surface area (TPSA) is 30.5 Å². The molecule has 0 radical (unpaired) electrons. The van der Waals surface area contributed by atoms with Gasteiger partial charge in [-0.1, -0.05) is 12.1 Å². The van der Waals surface area contributed by atoms with Gasteiger partial charge in [-0.2, -0.15) is 13.2 Å². The zero-order valence-electron chi connectivity index (χ0n) is 11.0. The molecule has 0 aliphatic heterocycles. The van der Waals surface area contributed by atoms with Crippen LogP contribution < -0.4 is 10.1 Å². The Balaban J connectivity index is 2.29. The minimum atomic E-state index is -4.27. The van der Waals surface area contributed by atoms with Crippen molar-refractivity contribution in [1.82, 2.24) is 5.32 Å². The summed E-state index contributed by atoms with van der Waals surface area (Å²) in [4.78, 5) is 0. The molecule has 0 saturated carbocycles. The highest BCUT2D eigenvalue weighted by atomic mass is 19.4. The summed E-state index contributed by atoms with van der Waals surface area (Å²) in [6.45, 7) is 1.10. The van der Waals surface area contributed by atoms with Gasteiger partial charge in [-0.3, -0.25) is 0 Å². The molecule has 0 amide bonds. The summed E-state index contributed by atoms with van der Waals surface area (Å²) in [6.07, 6.45) is -4.27. The molecule has 6 heteroatoms. The van der Waals surface area contributed by atoms with Crippen LogP contribution in [-0.2, 0) is 4.74 Å². The molecule has 1 atom stereocenters.